The summed E-state index contributed by atoms with van der Waals surface area (Å²) >= 11 is 0. The number of hydrogen-bond acceptors (Lipinski definition) is 10. The average Bonchev–Trinajstić information content (AvgIpc) is 3.35. The molecule has 0 radical (unpaired) electrons. The maximum absolute atomic E-state index is 12.5. The van der Waals surface area contributed by atoms with Crippen molar-refractivity contribution in [3.8, 4) is 28.6 Å². The lowest BCUT2D eigenvalue weighted by Crippen LogP contribution is -2.34. The summed E-state index contributed by atoms with van der Waals surface area (Å²) < 4.78 is 20.7. The van der Waals surface area contributed by atoms with Crippen LogP contribution in [0.5, 0.6) is 17.2 Å². The Kier molecular flexibility index (Phi) is 7.81. The molecule has 0 bridgehead atoms. The molecule has 13 heteroatoms. The molecule has 3 rings (SSSR count). The highest BCUT2D eigenvalue weighted by molar-refractivity contribution is 5.95. The summed E-state index contributed by atoms with van der Waals surface area (Å²) in [6.07, 6.45) is 0. The van der Waals surface area contributed by atoms with Gasteiger partial charge in [-0.2, -0.15) is 4.98 Å². The van der Waals surface area contributed by atoms with E-state index in [1.807, 2.05) is 0 Å². The van der Waals surface area contributed by atoms with Crippen LogP contribution in [0.1, 0.15) is 26.6 Å². The van der Waals surface area contributed by atoms with Crippen LogP contribution in [0.25, 0.3) is 11.4 Å². The Labute approximate surface area is 199 Å². The number of carbonyl (C=O) groups is 2. The minimum absolute atomic E-state index is 0.0482. The predicted molar refractivity (Wildman–Crippen MR) is 122 cm³/mol. The molecule has 0 aliphatic rings. The van der Waals surface area contributed by atoms with Crippen molar-refractivity contribution in [3.05, 3.63) is 57.5 Å². The Bertz CT molecular complexity index is 1230. The first-order chi connectivity index (χ1) is 16.8. The first kappa shape index (κ1) is 25.0. The molecular formula is C22H23N5O8. The van der Waals surface area contributed by atoms with Crippen LogP contribution >= 0.6 is 0 Å². The van der Waals surface area contributed by atoms with Crippen molar-refractivity contribution in [2.75, 3.05) is 34.4 Å². The summed E-state index contributed by atoms with van der Waals surface area (Å²) in [5, 5.41) is 20.1. The maximum Gasteiger partial charge on any atom is 0.316 e. The third-order valence-electron chi connectivity index (χ3n) is 4.99. The predicted octanol–water partition coefficient (Wildman–Crippen LogP) is 2.14. The van der Waals surface area contributed by atoms with Crippen LogP contribution in [0.15, 0.2) is 34.9 Å². The minimum Gasteiger partial charge on any atom is -0.493 e. The van der Waals surface area contributed by atoms with Crippen LogP contribution in [0.4, 0.5) is 5.69 Å². The quantitative estimate of drug-likeness (QED) is 0.246. The summed E-state index contributed by atoms with van der Waals surface area (Å²) in [4.78, 5) is 39.5. The zero-order valence-corrected chi connectivity index (χ0v) is 19.4. The van der Waals surface area contributed by atoms with Gasteiger partial charge in [-0.05, 0) is 19.1 Å². The van der Waals surface area contributed by atoms with Gasteiger partial charge in [-0.3, -0.25) is 19.7 Å². The van der Waals surface area contributed by atoms with Crippen molar-refractivity contribution >= 4 is 17.5 Å². The summed E-state index contributed by atoms with van der Waals surface area (Å²) in [5.41, 5.74) is 0.903. The van der Waals surface area contributed by atoms with E-state index in [0.717, 1.165) is 0 Å². The smallest absolute Gasteiger partial charge is 0.316 e. The molecule has 2 aromatic carbocycles. The Balaban J connectivity index is 1.58. The molecule has 1 heterocycles. The van der Waals surface area contributed by atoms with Gasteiger partial charge in [-0.15, -0.1) is 0 Å². The van der Waals surface area contributed by atoms with Gasteiger partial charge in [0, 0.05) is 35.8 Å². The van der Waals surface area contributed by atoms with Crippen molar-refractivity contribution in [1.29, 1.82) is 0 Å². The molecule has 0 saturated heterocycles. The molecule has 184 valence electrons. The number of aromatic nitrogens is 2. The first-order valence-electron chi connectivity index (χ1n) is 10.2. The molecule has 0 aliphatic carbocycles. The summed E-state index contributed by atoms with van der Waals surface area (Å²) in [6, 6.07) is 7.45. The second-order valence-corrected chi connectivity index (χ2v) is 7.06. The normalized spacial score (nSPS) is 10.4. The third kappa shape index (κ3) is 5.46. The van der Waals surface area contributed by atoms with E-state index >= 15 is 0 Å². The SMILES string of the molecule is COc1cc(C(=O)NCCNC(=O)c2nc(-c3cccc([N+](=O)[O-])c3C)no2)cc(OC)c1OC. The molecule has 35 heavy (non-hydrogen) atoms. The number of rotatable bonds is 10. The standard InChI is InChI=1S/C22H23N5O8/c1-12-14(6-5-7-15(12)27(30)31)19-25-22(35-26-19)21(29)24-9-8-23-20(28)13-10-16(32-2)18(34-4)17(11-13)33-3/h5-7,10-11H,8-9H2,1-4H3,(H,23,28)(H,24,29). The van der Waals surface area contributed by atoms with Gasteiger partial charge >= 0.3 is 11.8 Å². The van der Waals surface area contributed by atoms with Crippen LogP contribution in [-0.2, 0) is 0 Å². The molecule has 0 aliphatic heterocycles. The van der Waals surface area contributed by atoms with Gasteiger partial charge in [-0.1, -0.05) is 17.3 Å². The van der Waals surface area contributed by atoms with Crippen molar-refractivity contribution in [2.45, 2.75) is 6.92 Å². The monoisotopic (exact) mass is 485 g/mol. The number of nitrogens with one attached hydrogen (secondary N) is 2. The summed E-state index contributed by atoms with van der Waals surface area (Å²) in [5.74, 6) is -0.325. The van der Waals surface area contributed by atoms with E-state index in [0.29, 0.717) is 28.4 Å². The third-order valence-corrected chi connectivity index (χ3v) is 4.99. The average molecular weight is 485 g/mol. The Morgan fingerprint density at radius 3 is 2.23 bits per heavy atom. The van der Waals surface area contributed by atoms with Crippen molar-refractivity contribution in [3.63, 3.8) is 0 Å². The number of hydrogen-bond donors (Lipinski definition) is 2. The van der Waals surface area contributed by atoms with Crippen LogP contribution in [-0.4, -0.2) is 61.3 Å². The van der Waals surface area contributed by atoms with Crippen LogP contribution < -0.4 is 24.8 Å². The van der Waals surface area contributed by atoms with Gasteiger partial charge in [0.1, 0.15) is 0 Å². The molecule has 2 N–H and O–H groups in total. The van der Waals surface area contributed by atoms with Crippen LogP contribution in [0.3, 0.4) is 0 Å². The molecule has 2 amide bonds. The zero-order valence-electron chi connectivity index (χ0n) is 19.4. The van der Waals surface area contributed by atoms with Gasteiger partial charge in [0.15, 0.2) is 11.5 Å². The highest BCUT2D eigenvalue weighted by Crippen LogP contribution is 2.38. The fraction of sp³-hybridized carbons (Fsp3) is 0.273. The highest BCUT2D eigenvalue weighted by Gasteiger charge is 2.21. The number of nitro benzene ring substituents is 1. The Morgan fingerprint density at radius 2 is 1.66 bits per heavy atom. The fourth-order valence-corrected chi connectivity index (χ4v) is 3.23. The number of carbonyl (C=O) groups excluding carboxylic acids is 2. The van der Waals surface area contributed by atoms with E-state index in [1.54, 1.807) is 13.0 Å². The number of ether oxygens (including phenoxy) is 3. The molecule has 0 atom stereocenters. The van der Waals surface area contributed by atoms with Crippen LogP contribution in [0.2, 0.25) is 0 Å². The van der Waals surface area contributed by atoms with E-state index in [1.165, 1.54) is 45.6 Å². The van der Waals surface area contributed by atoms with E-state index in [-0.39, 0.29) is 36.1 Å². The van der Waals surface area contributed by atoms with E-state index < -0.39 is 16.7 Å². The lowest BCUT2D eigenvalue weighted by Gasteiger charge is -2.14. The van der Waals surface area contributed by atoms with E-state index in [2.05, 4.69) is 20.8 Å². The molecular weight excluding hydrogens is 462 g/mol. The maximum atomic E-state index is 12.5. The van der Waals surface area contributed by atoms with Gasteiger partial charge in [0.25, 0.3) is 11.6 Å². The van der Waals surface area contributed by atoms with Gasteiger partial charge in [0.05, 0.1) is 26.3 Å². The Hall–Kier alpha value is -4.68. The van der Waals surface area contributed by atoms with E-state index in [4.69, 9.17) is 18.7 Å². The lowest BCUT2D eigenvalue weighted by molar-refractivity contribution is -0.385. The molecule has 0 spiro atoms. The number of methoxy groups -OCH3 is 3. The first-order valence-corrected chi connectivity index (χ1v) is 10.2. The highest BCUT2D eigenvalue weighted by atomic mass is 16.6. The van der Waals surface area contributed by atoms with Gasteiger partial charge in [0.2, 0.25) is 11.6 Å². The van der Waals surface area contributed by atoms with Gasteiger partial charge in [-0.25, -0.2) is 0 Å². The molecule has 0 saturated carbocycles. The molecule has 3 aromatic rings. The second kappa shape index (κ2) is 11.0. The van der Waals surface area contributed by atoms with Crippen molar-refractivity contribution in [1.82, 2.24) is 20.8 Å². The number of benzene rings is 2. The number of nitrogens with zero attached hydrogens (tertiary/aromatic N) is 3. The molecule has 1 aromatic heterocycles. The van der Waals surface area contributed by atoms with Crippen molar-refractivity contribution < 1.29 is 33.2 Å². The Morgan fingerprint density at radius 1 is 1.03 bits per heavy atom. The molecule has 0 fully saturated rings. The fourth-order valence-electron chi connectivity index (χ4n) is 3.23. The minimum atomic E-state index is -0.658. The second-order valence-electron chi connectivity index (χ2n) is 7.06. The van der Waals surface area contributed by atoms with Crippen molar-refractivity contribution in [2.24, 2.45) is 0 Å². The summed E-state index contributed by atoms with van der Waals surface area (Å²) in [7, 11) is 4.34. The lowest BCUT2D eigenvalue weighted by atomic mass is 10.1. The summed E-state index contributed by atoms with van der Waals surface area (Å²) in [6.45, 7) is 1.73. The zero-order chi connectivity index (χ0) is 25.5. The largest absolute Gasteiger partial charge is 0.493 e. The molecule has 0 unspecified atom stereocenters. The van der Waals surface area contributed by atoms with Gasteiger partial charge < -0.3 is 29.4 Å². The number of amides is 2. The molecule has 13 nitrogen and oxygen atoms in total. The topological polar surface area (TPSA) is 168 Å². The number of nitro groups is 1. The van der Waals surface area contributed by atoms with Crippen LogP contribution in [0, 0.1) is 17.0 Å². The van der Waals surface area contributed by atoms with E-state index in [9.17, 15) is 19.7 Å².